The Bertz CT molecular complexity index is 965. The van der Waals surface area contributed by atoms with E-state index < -0.39 is 0 Å². The lowest BCUT2D eigenvalue weighted by Gasteiger charge is -2.34. The minimum atomic E-state index is 0.150. The Kier molecular flexibility index (Phi) is 4.42. The summed E-state index contributed by atoms with van der Waals surface area (Å²) in [5.74, 6) is 0.877. The van der Waals surface area contributed by atoms with Gasteiger partial charge in [-0.3, -0.25) is 9.69 Å². The van der Waals surface area contributed by atoms with Crippen molar-refractivity contribution in [3.8, 4) is 0 Å². The Morgan fingerprint density at radius 3 is 2.63 bits per heavy atom. The fraction of sp³-hybridized carbons (Fsp3) is 0.364. The Morgan fingerprint density at radius 1 is 1.04 bits per heavy atom. The first-order chi connectivity index (χ1) is 13.3. The molecule has 2 aliphatic rings. The largest absolute Gasteiger partial charge is 0.336 e. The normalized spacial score (nSPS) is 18.1. The van der Waals surface area contributed by atoms with Crippen LogP contribution in [-0.4, -0.2) is 46.9 Å². The lowest BCUT2D eigenvalue weighted by atomic mass is 10.0. The van der Waals surface area contributed by atoms with Crippen molar-refractivity contribution in [1.82, 2.24) is 14.8 Å². The van der Waals surface area contributed by atoms with E-state index in [4.69, 9.17) is 4.98 Å². The van der Waals surface area contributed by atoms with Gasteiger partial charge in [0.25, 0.3) is 5.91 Å². The van der Waals surface area contributed by atoms with Crippen molar-refractivity contribution >= 4 is 28.0 Å². The molecule has 2 aromatic carbocycles. The average Bonchev–Trinajstić information content (AvgIpc) is 3.47. The van der Waals surface area contributed by atoms with E-state index in [0.29, 0.717) is 0 Å². The topological polar surface area (TPSA) is 36.4 Å². The number of rotatable bonds is 4. The molecule has 3 aromatic rings. The molecule has 1 amide bonds. The van der Waals surface area contributed by atoms with Gasteiger partial charge in [-0.05, 0) is 29.7 Å². The smallest absolute Gasteiger partial charge is 0.254 e. The standard InChI is InChI=1S/C22H23N3OS/c26-22(19-7-3-5-16-4-1-2-6-18(16)19)25-12-10-24(11-13-25)14-21-23-20(15-27-21)17-8-9-17/h1-7,15,17H,8-14H2. The first-order valence-electron chi connectivity index (χ1n) is 9.71. The summed E-state index contributed by atoms with van der Waals surface area (Å²) >= 11 is 1.78. The molecule has 0 atom stereocenters. The molecule has 0 N–H and O–H groups in total. The Hall–Kier alpha value is -2.24. The van der Waals surface area contributed by atoms with Crippen molar-refractivity contribution < 1.29 is 4.79 Å². The molecule has 27 heavy (non-hydrogen) atoms. The van der Waals surface area contributed by atoms with Gasteiger partial charge in [-0.25, -0.2) is 4.98 Å². The van der Waals surface area contributed by atoms with Crippen LogP contribution in [-0.2, 0) is 6.54 Å². The van der Waals surface area contributed by atoms with Crippen LogP contribution in [0.4, 0.5) is 0 Å². The highest BCUT2D eigenvalue weighted by Crippen LogP contribution is 2.40. The fourth-order valence-electron chi connectivity index (χ4n) is 3.85. The first kappa shape index (κ1) is 16.9. The van der Waals surface area contributed by atoms with E-state index in [0.717, 1.165) is 55.0 Å². The van der Waals surface area contributed by atoms with Gasteiger partial charge in [0.05, 0.1) is 12.2 Å². The van der Waals surface area contributed by atoms with E-state index in [-0.39, 0.29) is 5.91 Å². The fourth-order valence-corrected chi connectivity index (χ4v) is 4.76. The van der Waals surface area contributed by atoms with Crippen molar-refractivity contribution in [2.75, 3.05) is 26.2 Å². The highest BCUT2D eigenvalue weighted by molar-refractivity contribution is 7.09. The zero-order valence-electron chi connectivity index (χ0n) is 15.3. The van der Waals surface area contributed by atoms with Gasteiger partial charge >= 0.3 is 0 Å². The van der Waals surface area contributed by atoms with E-state index in [9.17, 15) is 4.79 Å². The molecule has 5 heteroatoms. The van der Waals surface area contributed by atoms with Crippen molar-refractivity contribution in [3.63, 3.8) is 0 Å². The molecule has 1 aliphatic heterocycles. The quantitative estimate of drug-likeness (QED) is 0.686. The summed E-state index contributed by atoms with van der Waals surface area (Å²) in [5, 5.41) is 5.61. The van der Waals surface area contributed by atoms with Gasteiger partial charge in [-0.2, -0.15) is 0 Å². The lowest BCUT2D eigenvalue weighted by molar-refractivity contribution is 0.0630. The van der Waals surface area contributed by atoms with E-state index in [1.807, 2.05) is 35.2 Å². The van der Waals surface area contributed by atoms with E-state index in [2.05, 4.69) is 22.4 Å². The number of aromatic nitrogens is 1. The molecule has 0 radical (unpaired) electrons. The number of hydrogen-bond donors (Lipinski definition) is 0. The maximum absolute atomic E-state index is 13.1. The number of benzene rings is 2. The number of fused-ring (bicyclic) bond motifs is 1. The number of hydrogen-bond acceptors (Lipinski definition) is 4. The van der Waals surface area contributed by atoms with Crippen LogP contribution in [0, 0.1) is 0 Å². The number of piperazine rings is 1. The Labute approximate surface area is 163 Å². The van der Waals surface area contributed by atoms with Gasteiger partial charge in [0.15, 0.2) is 0 Å². The third kappa shape index (κ3) is 3.49. The highest BCUT2D eigenvalue weighted by atomic mass is 32.1. The minimum Gasteiger partial charge on any atom is -0.336 e. The molecular formula is C22H23N3OS. The summed E-state index contributed by atoms with van der Waals surface area (Å²) in [7, 11) is 0. The van der Waals surface area contributed by atoms with Crippen molar-refractivity contribution in [1.29, 1.82) is 0 Å². The molecule has 0 bridgehead atoms. The molecule has 138 valence electrons. The molecule has 1 saturated heterocycles. The lowest BCUT2D eigenvalue weighted by Crippen LogP contribution is -2.48. The summed E-state index contributed by atoms with van der Waals surface area (Å²) < 4.78 is 0. The maximum atomic E-state index is 13.1. The third-order valence-corrected chi connectivity index (χ3v) is 6.46. The molecule has 1 aromatic heterocycles. The molecule has 0 unspecified atom stereocenters. The van der Waals surface area contributed by atoms with Crippen LogP contribution in [0.5, 0.6) is 0 Å². The summed E-state index contributed by atoms with van der Waals surface area (Å²) in [6.07, 6.45) is 2.61. The van der Waals surface area contributed by atoms with Crippen molar-refractivity contribution in [2.45, 2.75) is 25.3 Å². The Balaban J connectivity index is 1.23. The van der Waals surface area contributed by atoms with Crippen LogP contribution in [0.3, 0.4) is 0 Å². The van der Waals surface area contributed by atoms with Crippen LogP contribution >= 0.6 is 11.3 Å². The molecule has 5 rings (SSSR count). The number of carbonyl (C=O) groups excluding carboxylic acids is 1. The van der Waals surface area contributed by atoms with Gasteiger partial charge in [0.1, 0.15) is 5.01 Å². The minimum absolute atomic E-state index is 0.150. The zero-order valence-corrected chi connectivity index (χ0v) is 16.1. The van der Waals surface area contributed by atoms with E-state index in [1.165, 1.54) is 23.5 Å². The second-order valence-corrected chi connectivity index (χ2v) is 8.48. The van der Waals surface area contributed by atoms with Gasteiger partial charge in [0, 0.05) is 43.0 Å². The molecule has 1 aliphatic carbocycles. The summed E-state index contributed by atoms with van der Waals surface area (Å²) in [4.78, 5) is 22.3. The van der Waals surface area contributed by atoms with Crippen LogP contribution < -0.4 is 0 Å². The van der Waals surface area contributed by atoms with Crippen molar-refractivity contribution in [2.24, 2.45) is 0 Å². The SMILES string of the molecule is O=C(c1cccc2ccccc12)N1CCN(Cc2nc(C3CC3)cs2)CC1. The molecular weight excluding hydrogens is 354 g/mol. The van der Waals surface area contributed by atoms with Gasteiger partial charge < -0.3 is 4.90 Å². The van der Waals surface area contributed by atoms with Crippen LogP contribution in [0.1, 0.15) is 39.8 Å². The van der Waals surface area contributed by atoms with E-state index in [1.54, 1.807) is 11.3 Å². The number of nitrogens with zero attached hydrogens (tertiary/aromatic N) is 3. The summed E-state index contributed by atoms with van der Waals surface area (Å²) in [6.45, 7) is 4.29. The molecule has 2 heterocycles. The second kappa shape index (κ2) is 7.06. The molecule has 0 spiro atoms. The first-order valence-corrected chi connectivity index (χ1v) is 10.6. The maximum Gasteiger partial charge on any atom is 0.254 e. The summed E-state index contributed by atoms with van der Waals surface area (Å²) in [5.41, 5.74) is 2.11. The van der Waals surface area contributed by atoms with Gasteiger partial charge in [-0.15, -0.1) is 11.3 Å². The van der Waals surface area contributed by atoms with E-state index >= 15 is 0 Å². The highest BCUT2D eigenvalue weighted by Gasteiger charge is 2.27. The predicted molar refractivity (Wildman–Crippen MR) is 109 cm³/mol. The predicted octanol–water partition coefficient (Wildman–Crippen LogP) is 4.13. The van der Waals surface area contributed by atoms with Gasteiger partial charge in [-0.1, -0.05) is 36.4 Å². The van der Waals surface area contributed by atoms with Crippen LogP contribution in [0.25, 0.3) is 10.8 Å². The number of thiazole rings is 1. The van der Waals surface area contributed by atoms with Crippen LogP contribution in [0.2, 0.25) is 0 Å². The number of amides is 1. The average molecular weight is 378 g/mol. The molecule has 1 saturated carbocycles. The molecule has 2 fully saturated rings. The number of carbonyl (C=O) groups is 1. The Morgan fingerprint density at radius 2 is 1.81 bits per heavy atom. The monoisotopic (exact) mass is 377 g/mol. The zero-order chi connectivity index (χ0) is 18.2. The van der Waals surface area contributed by atoms with Crippen LogP contribution in [0.15, 0.2) is 47.8 Å². The summed E-state index contributed by atoms with van der Waals surface area (Å²) in [6, 6.07) is 14.1. The molecule has 4 nitrogen and oxygen atoms in total. The third-order valence-electron chi connectivity index (χ3n) is 5.60. The van der Waals surface area contributed by atoms with Gasteiger partial charge in [0.2, 0.25) is 0 Å². The second-order valence-electron chi connectivity index (χ2n) is 7.54. The van der Waals surface area contributed by atoms with Crippen molar-refractivity contribution in [3.05, 3.63) is 64.1 Å².